The number of alkyl halides is 2. The summed E-state index contributed by atoms with van der Waals surface area (Å²) < 4.78 is 17.2. The van der Waals surface area contributed by atoms with E-state index in [1.807, 2.05) is 13.0 Å². The average Bonchev–Trinajstić information content (AvgIpc) is 2.42. The molecule has 0 N–H and O–H groups in total. The van der Waals surface area contributed by atoms with Crippen LogP contribution in [0.1, 0.15) is 20.3 Å². The average molecular weight is 595 g/mol. The molecular formula is C15H18FINO2Tl. The predicted octanol–water partition coefficient (Wildman–Crippen LogP) is 3.81. The van der Waals surface area contributed by atoms with Gasteiger partial charge in [-0.1, -0.05) is 6.92 Å². The molecule has 112 valence electrons. The number of carbonyl (C=O) groups excluding carboxylic acids is 1. The molecule has 0 aliphatic rings. The second-order valence-corrected chi connectivity index (χ2v) is 14.0. The fraction of sp³-hybridized carbons (Fsp3) is 0.333. The van der Waals surface area contributed by atoms with Gasteiger partial charge < -0.3 is 0 Å². The van der Waals surface area contributed by atoms with E-state index in [0.29, 0.717) is 12.0 Å². The monoisotopic (exact) mass is 595 g/mol. The van der Waals surface area contributed by atoms with Crippen molar-refractivity contribution in [2.45, 2.75) is 21.5 Å². The van der Waals surface area contributed by atoms with Crippen LogP contribution in [0.4, 0.5) is 4.39 Å². The summed E-state index contributed by atoms with van der Waals surface area (Å²) >= 11 is 1.87. The summed E-state index contributed by atoms with van der Waals surface area (Å²) in [5, 5.41) is 0. The zero-order chi connectivity index (χ0) is 16.5. The van der Waals surface area contributed by atoms with E-state index >= 15 is 0 Å². The Morgan fingerprint density at radius 1 is 1.48 bits per heavy atom. The van der Waals surface area contributed by atoms with Gasteiger partial charge in [0.2, 0.25) is 0 Å². The van der Waals surface area contributed by atoms with Crippen LogP contribution < -0.4 is 0 Å². The van der Waals surface area contributed by atoms with Gasteiger partial charge >= 0.3 is 149 Å². The van der Waals surface area contributed by atoms with Gasteiger partial charge in [-0.05, 0) is 0 Å². The molecule has 1 unspecified atom stereocenters. The van der Waals surface area contributed by atoms with Crippen molar-refractivity contribution in [3.63, 3.8) is 0 Å². The van der Waals surface area contributed by atoms with Crippen LogP contribution in [0, 0.1) is 0 Å². The Morgan fingerprint density at radius 3 is 2.57 bits per heavy atom. The van der Waals surface area contributed by atoms with Gasteiger partial charge in [0.25, 0.3) is 0 Å². The number of allylic oxidation sites excluding steroid dienone is 5. The molecule has 0 aliphatic heterocycles. The summed E-state index contributed by atoms with van der Waals surface area (Å²) in [5.74, 6) is 0.181. The van der Waals surface area contributed by atoms with E-state index in [-0.39, 0.29) is 44.0 Å². The van der Waals surface area contributed by atoms with Crippen LogP contribution in [0.2, 0.25) is 0 Å². The summed E-state index contributed by atoms with van der Waals surface area (Å²) in [6, 6.07) is 0. The van der Waals surface area contributed by atoms with E-state index in [1.54, 1.807) is 35.6 Å². The van der Waals surface area contributed by atoms with Gasteiger partial charge in [-0.2, -0.15) is 0 Å². The van der Waals surface area contributed by atoms with Crippen molar-refractivity contribution in [1.82, 2.24) is 0 Å². The second-order valence-electron chi connectivity index (χ2n) is 4.12. The van der Waals surface area contributed by atoms with Crippen molar-refractivity contribution in [1.29, 1.82) is 0 Å². The molecule has 0 saturated carbocycles. The molecule has 3 nitrogen and oxygen atoms in total. The Labute approximate surface area is 154 Å². The number of aliphatic imine (C=N–C) groups is 1. The fourth-order valence-electron chi connectivity index (χ4n) is 1.11. The van der Waals surface area contributed by atoms with Gasteiger partial charge in [0.1, 0.15) is 0 Å². The number of carbonyl (C=O) groups is 1. The third kappa shape index (κ3) is 11.0. The molecule has 0 radical (unpaired) electrons. The van der Waals surface area contributed by atoms with E-state index in [9.17, 15) is 9.18 Å². The number of ether oxygens (including phenoxy) is 1. The standard InChI is InChI=1S/C15H18FINO2.Tl/c1-5-13(11(3)7-8-14(19)6-2)9-18-12(4)20-10-15(16)17;/h5,7-9H,3-4,6,10H2,1-2H3;/b8-7-,13-5+,18-9?;. The van der Waals surface area contributed by atoms with E-state index in [4.69, 9.17) is 4.74 Å². The van der Waals surface area contributed by atoms with Gasteiger partial charge in [0.15, 0.2) is 0 Å². The van der Waals surface area contributed by atoms with Crippen molar-refractivity contribution in [3.05, 3.63) is 48.4 Å². The predicted molar refractivity (Wildman–Crippen MR) is 94.5 cm³/mol. The second kappa shape index (κ2) is 10.4. The Balaban J connectivity index is 4.60. The molecule has 0 heterocycles. The Hall–Kier alpha value is -0.318. The van der Waals surface area contributed by atoms with Crippen molar-refractivity contribution in [2.75, 3.05) is 6.61 Å². The van der Waals surface area contributed by atoms with E-state index in [0.717, 1.165) is 5.57 Å². The van der Waals surface area contributed by atoms with Crippen LogP contribution in [-0.2, 0) is 9.53 Å². The van der Waals surface area contributed by atoms with Crippen molar-refractivity contribution < 1.29 is 13.9 Å². The molecule has 0 aromatic heterocycles. The summed E-state index contributed by atoms with van der Waals surface area (Å²) in [4.78, 5) is 15.3. The molecule has 0 fully saturated rings. The summed E-state index contributed by atoms with van der Waals surface area (Å²) in [5.41, 5.74) is 1.41. The van der Waals surface area contributed by atoms with Crippen LogP contribution in [0.15, 0.2) is 53.4 Å². The van der Waals surface area contributed by atoms with Crippen LogP contribution in [0.25, 0.3) is 0 Å². The maximum absolute atomic E-state index is 13.3. The number of nitrogens with zero attached hydrogens (tertiary/aromatic N) is 1. The minimum atomic E-state index is -1.30. The van der Waals surface area contributed by atoms with Crippen LogP contribution in [-0.4, -0.2) is 45.6 Å². The molecule has 0 rings (SSSR count). The summed E-state index contributed by atoms with van der Waals surface area (Å²) in [6.07, 6.45) is 6.93. The Bertz CT molecular complexity index is 490. The van der Waals surface area contributed by atoms with Gasteiger partial charge in [-0.25, -0.2) is 0 Å². The molecule has 0 bridgehead atoms. The summed E-state index contributed by atoms with van der Waals surface area (Å²) in [6.45, 7) is 11.1. The van der Waals surface area contributed by atoms with Gasteiger partial charge in [-0.15, -0.1) is 0 Å². The van der Waals surface area contributed by atoms with Gasteiger partial charge in [-0.3, -0.25) is 0 Å². The number of rotatable bonds is 9. The molecule has 0 spiro atoms. The first-order valence-corrected chi connectivity index (χ1v) is 9.61. The number of hydrogen-bond donors (Lipinski definition) is 0. The topological polar surface area (TPSA) is 38.7 Å². The molecular weight excluding hydrogens is 576 g/mol. The van der Waals surface area contributed by atoms with Crippen LogP contribution in [0.5, 0.6) is 0 Å². The summed E-state index contributed by atoms with van der Waals surface area (Å²) in [7, 11) is 0. The van der Waals surface area contributed by atoms with E-state index in [2.05, 4.69) is 18.2 Å². The normalized spacial score (nSPS) is 15.1. The third-order valence-electron chi connectivity index (χ3n) is 2.28. The SMILES string of the molecule is C=C(N=C/C(=C\C)C(=C)/C=C\C(=O)CC)OC[C](F)(I)[Tl]. The first-order chi connectivity index (χ1) is 9.69. The minimum absolute atomic E-state index is 0.0329. The zero-order valence-corrected chi connectivity index (χ0v) is 18.9. The van der Waals surface area contributed by atoms with Crippen molar-refractivity contribution in [3.8, 4) is 0 Å². The number of hydrogen-bond acceptors (Lipinski definition) is 3. The van der Waals surface area contributed by atoms with Crippen LogP contribution in [0.3, 0.4) is 0 Å². The van der Waals surface area contributed by atoms with Crippen molar-refractivity contribution in [2.24, 2.45) is 4.99 Å². The molecule has 21 heavy (non-hydrogen) atoms. The third-order valence-corrected chi connectivity index (χ3v) is 3.24. The van der Waals surface area contributed by atoms with Crippen molar-refractivity contribution >= 4 is 60.4 Å². The Kier molecular flexibility index (Phi) is 10.3. The zero-order valence-electron chi connectivity index (χ0n) is 12.2. The van der Waals surface area contributed by atoms with E-state index < -0.39 is 1.23 Å². The Morgan fingerprint density at radius 2 is 2.10 bits per heavy atom. The molecule has 1 atom stereocenters. The quantitative estimate of drug-likeness (QED) is 0.0775. The fourth-order valence-corrected chi connectivity index (χ4v) is 1.59. The molecule has 0 saturated heterocycles. The number of ketones is 1. The van der Waals surface area contributed by atoms with Crippen LogP contribution >= 0.6 is 22.6 Å². The van der Waals surface area contributed by atoms with E-state index in [1.165, 1.54) is 12.3 Å². The number of halogens is 2. The molecule has 0 amide bonds. The van der Waals surface area contributed by atoms with Gasteiger partial charge in [0.05, 0.1) is 0 Å². The molecule has 0 aromatic carbocycles. The first kappa shape index (κ1) is 20.7. The molecule has 0 aliphatic carbocycles. The maximum atomic E-state index is 13.3. The van der Waals surface area contributed by atoms with Gasteiger partial charge in [0, 0.05) is 0 Å². The first-order valence-electron chi connectivity index (χ1n) is 6.28. The molecule has 0 aromatic rings. The molecule has 6 heteroatoms.